The van der Waals surface area contributed by atoms with Crippen LogP contribution in [0, 0.1) is 25.3 Å². The molecule has 2 N–H and O–H groups in total. The lowest BCUT2D eigenvalue weighted by Crippen LogP contribution is -2.40. The van der Waals surface area contributed by atoms with E-state index in [2.05, 4.69) is 52.9 Å². The number of nitrogens with zero attached hydrogens (tertiary/aromatic N) is 2. The quantitative estimate of drug-likeness (QED) is 0.0416. The molecule has 42 heavy (non-hydrogen) atoms. The third kappa shape index (κ3) is 20.5. The summed E-state index contributed by atoms with van der Waals surface area (Å²) in [5.74, 6) is 0.255. The number of hydrogen-bond acceptors (Lipinski definition) is 6. The predicted octanol–water partition coefficient (Wildman–Crippen LogP) is 6.73. The Labute approximate surface area is 257 Å². The van der Waals surface area contributed by atoms with Gasteiger partial charge in [-0.15, -0.1) is 12.8 Å². The van der Waals surface area contributed by atoms with Gasteiger partial charge in [0.15, 0.2) is 0 Å². The van der Waals surface area contributed by atoms with Gasteiger partial charge in [-0.1, -0.05) is 80.5 Å². The van der Waals surface area contributed by atoms with Crippen LogP contribution in [0.3, 0.4) is 0 Å². The molecular formula is C33H45ClN4O4. The van der Waals surface area contributed by atoms with Gasteiger partial charge >= 0.3 is 12.0 Å². The number of ether oxygens (including phenoxy) is 2. The Morgan fingerprint density at radius 3 is 2.55 bits per heavy atom. The second-order valence-electron chi connectivity index (χ2n) is 7.74. The number of terminal acetylenes is 2. The molecule has 0 aromatic heterocycles. The summed E-state index contributed by atoms with van der Waals surface area (Å²) in [7, 11) is 0. The minimum Gasteiger partial charge on any atom is -0.493 e. The Morgan fingerprint density at radius 2 is 1.90 bits per heavy atom. The van der Waals surface area contributed by atoms with Crippen LogP contribution in [-0.2, 0) is 14.3 Å². The largest absolute Gasteiger partial charge is 0.493 e. The summed E-state index contributed by atoms with van der Waals surface area (Å²) in [6, 6.07) is 1.70. The summed E-state index contributed by atoms with van der Waals surface area (Å²) in [6.07, 6.45) is 35.7. The molecule has 1 rings (SSSR count). The van der Waals surface area contributed by atoms with Gasteiger partial charge in [-0.3, -0.25) is 4.79 Å². The number of carbonyl (C=O) groups excluding carboxylic acids is 2. The van der Waals surface area contributed by atoms with Crippen LogP contribution in [0.1, 0.15) is 53.9 Å². The van der Waals surface area contributed by atoms with Gasteiger partial charge in [0.1, 0.15) is 13.2 Å². The van der Waals surface area contributed by atoms with E-state index in [1.807, 2.05) is 58.1 Å². The maximum Gasteiger partial charge on any atom is 0.338 e. The SMILES string of the molecule is C#C.C#CN/C=C(/Cl)CC(/C=N/N(CC(=O)OCC)C(=O)NC/C=C\C/C(=C\C)OCC1=CC=CCC=C1)=C\C.CC. The lowest BCUT2D eigenvalue weighted by molar-refractivity contribution is -0.143. The molecule has 2 amide bonds. The molecule has 1 aliphatic rings. The molecule has 0 heterocycles. The van der Waals surface area contributed by atoms with Crippen LogP contribution in [0.5, 0.6) is 0 Å². The molecular weight excluding hydrogens is 552 g/mol. The molecule has 0 saturated heterocycles. The molecule has 0 aromatic carbocycles. The maximum atomic E-state index is 12.7. The highest BCUT2D eigenvalue weighted by atomic mass is 35.5. The van der Waals surface area contributed by atoms with Crippen molar-refractivity contribution >= 4 is 29.8 Å². The monoisotopic (exact) mass is 596 g/mol. The van der Waals surface area contributed by atoms with Crippen molar-refractivity contribution in [2.75, 3.05) is 26.3 Å². The lowest BCUT2D eigenvalue weighted by atomic mass is 10.2. The average Bonchev–Trinajstić information content (AvgIpc) is 3.29. The predicted molar refractivity (Wildman–Crippen MR) is 175 cm³/mol. The number of halogens is 1. The van der Waals surface area contributed by atoms with E-state index in [-0.39, 0.29) is 19.7 Å². The van der Waals surface area contributed by atoms with Crippen LogP contribution in [0.2, 0.25) is 0 Å². The molecule has 0 bridgehead atoms. The van der Waals surface area contributed by atoms with Crippen molar-refractivity contribution in [2.45, 2.75) is 53.9 Å². The Bertz CT molecular complexity index is 1100. The number of carbonyl (C=O) groups is 2. The highest BCUT2D eigenvalue weighted by molar-refractivity contribution is 6.29. The van der Waals surface area contributed by atoms with Crippen LogP contribution in [-0.4, -0.2) is 49.5 Å². The molecule has 228 valence electrons. The van der Waals surface area contributed by atoms with Crippen molar-refractivity contribution in [2.24, 2.45) is 5.10 Å². The van der Waals surface area contributed by atoms with Crippen LogP contribution < -0.4 is 10.6 Å². The molecule has 1 aliphatic carbocycles. The molecule has 0 radical (unpaired) electrons. The first-order chi connectivity index (χ1) is 20.4. The van der Waals surface area contributed by atoms with E-state index in [1.54, 1.807) is 13.0 Å². The molecule has 0 atom stereocenters. The number of esters is 1. The zero-order valence-electron chi connectivity index (χ0n) is 25.4. The van der Waals surface area contributed by atoms with E-state index in [4.69, 9.17) is 27.5 Å². The van der Waals surface area contributed by atoms with Crippen LogP contribution in [0.4, 0.5) is 4.79 Å². The Kier molecular flexibility index (Phi) is 26.6. The Morgan fingerprint density at radius 1 is 1.17 bits per heavy atom. The summed E-state index contributed by atoms with van der Waals surface area (Å²) in [6.45, 7) is 10.0. The second-order valence-corrected chi connectivity index (χ2v) is 8.23. The van der Waals surface area contributed by atoms with E-state index in [9.17, 15) is 9.59 Å². The van der Waals surface area contributed by atoms with Gasteiger partial charge in [0.25, 0.3) is 0 Å². The number of allylic oxidation sites excluding steroid dienone is 9. The number of urea groups is 1. The van der Waals surface area contributed by atoms with Gasteiger partial charge in [0.2, 0.25) is 0 Å². The third-order valence-electron chi connectivity index (χ3n) is 4.89. The number of nitrogens with one attached hydrogen (secondary N) is 2. The summed E-state index contributed by atoms with van der Waals surface area (Å²) >= 11 is 6.14. The summed E-state index contributed by atoms with van der Waals surface area (Å²) in [5, 5.41) is 10.9. The molecule has 0 spiro atoms. The van der Waals surface area contributed by atoms with Crippen molar-refractivity contribution in [3.63, 3.8) is 0 Å². The van der Waals surface area contributed by atoms with Crippen molar-refractivity contribution in [3.8, 4) is 25.3 Å². The summed E-state index contributed by atoms with van der Waals surface area (Å²) in [5.41, 5.74) is 1.82. The van der Waals surface area contributed by atoms with Crippen LogP contribution in [0.15, 0.2) is 87.9 Å². The fraction of sp³-hybridized carbons (Fsp3) is 0.364. The first kappa shape index (κ1) is 39.7. The number of amides is 2. The van der Waals surface area contributed by atoms with Gasteiger partial charge in [0.05, 0.1) is 18.6 Å². The normalized spacial score (nSPS) is 13.0. The molecule has 0 saturated carbocycles. The fourth-order valence-corrected chi connectivity index (χ4v) is 3.11. The molecule has 0 fully saturated rings. The third-order valence-corrected chi connectivity index (χ3v) is 5.13. The van der Waals surface area contributed by atoms with Crippen LogP contribution in [0.25, 0.3) is 0 Å². The molecule has 9 heteroatoms. The van der Waals surface area contributed by atoms with E-state index >= 15 is 0 Å². The summed E-state index contributed by atoms with van der Waals surface area (Å²) < 4.78 is 10.9. The first-order valence-corrected chi connectivity index (χ1v) is 14.1. The minimum absolute atomic E-state index is 0.197. The smallest absolute Gasteiger partial charge is 0.338 e. The highest BCUT2D eigenvalue weighted by Crippen LogP contribution is 2.13. The molecule has 8 nitrogen and oxygen atoms in total. The number of rotatable bonds is 15. The van der Waals surface area contributed by atoms with E-state index in [1.165, 1.54) is 12.4 Å². The van der Waals surface area contributed by atoms with Gasteiger partial charge in [-0.25, -0.2) is 9.80 Å². The lowest BCUT2D eigenvalue weighted by Gasteiger charge is -2.16. The first-order valence-electron chi connectivity index (χ1n) is 13.7. The average molecular weight is 597 g/mol. The highest BCUT2D eigenvalue weighted by Gasteiger charge is 2.16. The Hall–Kier alpha value is -4.40. The fourth-order valence-electron chi connectivity index (χ4n) is 2.90. The van der Waals surface area contributed by atoms with Gasteiger partial charge in [-0.2, -0.15) is 5.10 Å². The van der Waals surface area contributed by atoms with Crippen molar-refractivity contribution < 1.29 is 19.1 Å². The summed E-state index contributed by atoms with van der Waals surface area (Å²) in [4.78, 5) is 24.7. The van der Waals surface area contributed by atoms with Crippen molar-refractivity contribution in [3.05, 3.63) is 82.8 Å². The van der Waals surface area contributed by atoms with Crippen molar-refractivity contribution in [1.29, 1.82) is 0 Å². The van der Waals surface area contributed by atoms with Gasteiger partial charge in [0, 0.05) is 36.7 Å². The van der Waals surface area contributed by atoms with Gasteiger partial charge in [-0.05, 0) is 44.4 Å². The standard InChI is InChI=1S/C29H37ClN4O4.C2H6.C2H2/c1-5-24(19-26(30)21-31-7-3)20-33-34(22-28(35)37-8-4)29(36)32-18-14-13-17-27(6-2)38-23-25-15-11-9-10-12-16-25;2*1-2/h3,5-6,9,11-16,20-21,31H,8,10,17-19,22-23H2,1-2,4H3,(H,32,36);1-2H3;1-2H/b14-13-,24-5+,26-21+,27-6+,33-20+;;. The Balaban J connectivity index is 0. The zero-order valence-corrected chi connectivity index (χ0v) is 26.2. The van der Waals surface area contributed by atoms with E-state index in [0.717, 1.165) is 28.3 Å². The van der Waals surface area contributed by atoms with E-state index in [0.29, 0.717) is 24.5 Å². The minimum atomic E-state index is -0.572. The zero-order chi connectivity index (χ0) is 32.0. The molecule has 0 aromatic rings. The van der Waals surface area contributed by atoms with Gasteiger partial charge < -0.3 is 20.1 Å². The molecule has 0 aliphatic heterocycles. The van der Waals surface area contributed by atoms with E-state index < -0.39 is 12.0 Å². The number of hydrogen-bond donors (Lipinski definition) is 2. The maximum absolute atomic E-state index is 12.7. The second kappa shape index (κ2) is 28.1. The molecule has 0 unspecified atom stereocenters. The topological polar surface area (TPSA) is 92.3 Å². The van der Waals surface area contributed by atoms with Crippen molar-refractivity contribution in [1.82, 2.24) is 15.6 Å². The number of hydrazone groups is 1. The van der Waals surface area contributed by atoms with Crippen LogP contribution >= 0.6 is 11.6 Å².